The SMILES string of the molecule is C#CC(C)NC(C)c1cc(Br)ccc1F. The summed E-state index contributed by atoms with van der Waals surface area (Å²) in [5, 5.41) is 3.12. The van der Waals surface area contributed by atoms with E-state index in [-0.39, 0.29) is 17.9 Å². The number of hydrogen-bond acceptors (Lipinski definition) is 1. The Morgan fingerprint density at radius 1 is 1.47 bits per heavy atom. The van der Waals surface area contributed by atoms with Crippen molar-refractivity contribution in [2.24, 2.45) is 0 Å². The van der Waals surface area contributed by atoms with Gasteiger partial charge in [0.2, 0.25) is 0 Å². The van der Waals surface area contributed by atoms with Crippen LogP contribution in [0, 0.1) is 18.2 Å². The molecule has 2 unspecified atom stereocenters. The third-order valence-electron chi connectivity index (χ3n) is 2.17. The van der Waals surface area contributed by atoms with Crippen molar-refractivity contribution >= 4 is 15.9 Å². The van der Waals surface area contributed by atoms with Crippen LogP contribution < -0.4 is 5.32 Å². The zero-order chi connectivity index (χ0) is 11.4. The quantitative estimate of drug-likeness (QED) is 0.831. The van der Waals surface area contributed by atoms with Crippen molar-refractivity contribution in [2.75, 3.05) is 0 Å². The van der Waals surface area contributed by atoms with Gasteiger partial charge in [0.05, 0.1) is 6.04 Å². The summed E-state index contributed by atoms with van der Waals surface area (Å²) in [4.78, 5) is 0. The lowest BCUT2D eigenvalue weighted by atomic mass is 10.1. The Morgan fingerprint density at radius 3 is 2.73 bits per heavy atom. The highest BCUT2D eigenvalue weighted by Gasteiger charge is 2.12. The van der Waals surface area contributed by atoms with Crippen molar-refractivity contribution in [1.29, 1.82) is 0 Å². The van der Waals surface area contributed by atoms with Crippen LogP contribution in [0.1, 0.15) is 25.5 Å². The zero-order valence-corrected chi connectivity index (χ0v) is 10.3. The van der Waals surface area contributed by atoms with E-state index in [1.165, 1.54) is 6.07 Å². The van der Waals surface area contributed by atoms with Gasteiger partial charge in [-0.2, -0.15) is 0 Å². The number of rotatable bonds is 3. The van der Waals surface area contributed by atoms with E-state index in [0.29, 0.717) is 5.56 Å². The van der Waals surface area contributed by atoms with Crippen molar-refractivity contribution in [3.8, 4) is 12.3 Å². The number of hydrogen-bond donors (Lipinski definition) is 1. The van der Waals surface area contributed by atoms with Crippen LogP contribution in [-0.4, -0.2) is 6.04 Å². The Kier molecular flexibility index (Phi) is 4.31. The number of terminal acetylenes is 1. The normalized spacial score (nSPS) is 14.3. The van der Waals surface area contributed by atoms with Crippen LogP contribution in [0.5, 0.6) is 0 Å². The smallest absolute Gasteiger partial charge is 0.128 e. The lowest BCUT2D eigenvalue weighted by molar-refractivity contribution is 0.511. The van der Waals surface area contributed by atoms with Crippen molar-refractivity contribution < 1.29 is 4.39 Å². The Morgan fingerprint density at radius 2 is 2.13 bits per heavy atom. The van der Waals surface area contributed by atoms with Gasteiger partial charge in [-0.1, -0.05) is 21.9 Å². The summed E-state index contributed by atoms with van der Waals surface area (Å²) >= 11 is 3.31. The van der Waals surface area contributed by atoms with Crippen molar-refractivity contribution in [3.63, 3.8) is 0 Å². The average molecular weight is 270 g/mol. The van der Waals surface area contributed by atoms with Crippen LogP contribution in [0.15, 0.2) is 22.7 Å². The average Bonchev–Trinajstić information content (AvgIpc) is 2.21. The Bertz CT molecular complexity index is 384. The Labute approximate surface area is 98.2 Å². The van der Waals surface area contributed by atoms with E-state index < -0.39 is 0 Å². The van der Waals surface area contributed by atoms with Crippen LogP contribution in [0.2, 0.25) is 0 Å². The topological polar surface area (TPSA) is 12.0 Å². The molecule has 0 aliphatic carbocycles. The summed E-state index contributed by atoms with van der Waals surface area (Å²) in [5.41, 5.74) is 0.617. The van der Waals surface area contributed by atoms with Gasteiger partial charge in [-0.15, -0.1) is 6.42 Å². The van der Waals surface area contributed by atoms with Gasteiger partial charge in [-0.05, 0) is 32.0 Å². The molecule has 1 aromatic rings. The second-order valence-corrected chi connectivity index (χ2v) is 4.36. The first kappa shape index (κ1) is 12.2. The van der Waals surface area contributed by atoms with Crippen LogP contribution >= 0.6 is 15.9 Å². The molecule has 80 valence electrons. The van der Waals surface area contributed by atoms with Gasteiger partial charge in [0.15, 0.2) is 0 Å². The molecule has 0 heterocycles. The highest BCUT2D eigenvalue weighted by atomic mass is 79.9. The number of benzene rings is 1. The fourth-order valence-corrected chi connectivity index (χ4v) is 1.74. The molecule has 1 aromatic carbocycles. The van der Waals surface area contributed by atoms with Gasteiger partial charge in [-0.3, -0.25) is 5.32 Å². The molecule has 0 aromatic heterocycles. The lowest BCUT2D eigenvalue weighted by Gasteiger charge is -2.17. The van der Waals surface area contributed by atoms with Crippen LogP contribution in [-0.2, 0) is 0 Å². The maximum absolute atomic E-state index is 13.5. The number of halogens is 2. The fourth-order valence-electron chi connectivity index (χ4n) is 1.36. The van der Waals surface area contributed by atoms with E-state index >= 15 is 0 Å². The molecule has 3 heteroatoms. The minimum Gasteiger partial charge on any atom is -0.297 e. The van der Waals surface area contributed by atoms with Crippen LogP contribution in [0.3, 0.4) is 0 Å². The van der Waals surface area contributed by atoms with E-state index in [4.69, 9.17) is 6.42 Å². The van der Waals surface area contributed by atoms with Gasteiger partial charge < -0.3 is 0 Å². The molecule has 0 aliphatic heterocycles. The maximum Gasteiger partial charge on any atom is 0.128 e. The highest BCUT2D eigenvalue weighted by Crippen LogP contribution is 2.21. The lowest BCUT2D eigenvalue weighted by Crippen LogP contribution is -2.28. The van der Waals surface area contributed by atoms with Crippen molar-refractivity contribution in [3.05, 3.63) is 34.1 Å². The highest BCUT2D eigenvalue weighted by molar-refractivity contribution is 9.10. The summed E-state index contributed by atoms with van der Waals surface area (Å²) < 4.78 is 14.3. The first-order chi connectivity index (χ1) is 7.04. The van der Waals surface area contributed by atoms with E-state index in [1.807, 2.05) is 13.8 Å². The monoisotopic (exact) mass is 269 g/mol. The van der Waals surface area contributed by atoms with Gasteiger partial charge in [-0.25, -0.2) is 4.39 Å². The molecular formula is C12H13BrFN. The zero-order valence-electron chi connectivity index (χ0n) is 8.72. The van der Waals surface area contributed by atoms with Crippen molar-refractivity contribution in [2.45, 2.75) is 25.9 Å². The molecular weight excluding hydrogens is 257 g/mol. The molecule has 0 amide bonds. The molecule has 0 bridgehead atoms. The maximum atomic E-state index is 13.5. The first-order valence-corrected chi connectivity index (χ1v) is 5.51. The molecule has 0 fully saturated rings. The standard InChI is InChI=1S/C12H13BrFN/c1-4-8(2)15-9(3)11-7-10(13)5-6-12(11)14/h1,5-9,15H,2-3H3. The molecule has 1 nitrogen and oxygen atoms in total. The predicted octanol–water partition coefficient (Wildman–Crippen LogP) is 3.26. The Balaban J connectivity index is 2.86. The molecule has 0 saturated heterocycles. The number of nitrogens with one attached hydrogen (secondary N) is 1. The molecule has 2 atom stereocenters. The van der Waals surface area contributed by atoms with Crippen molar-refractivity contribution in [1.82, 2.24) is 5.32 Å². The van der Waals surface area contributed by atoms with Crippen LogP contribution in [0.4, 0.5) is 4.39 Å². The molecule has 15 heavy (non-hydrogen) atoms. The second kappa shape index (κ2) is 5.29. The first-order valence-electron chi connectivity index (χ1n) is 4.71. The molecule has 0 saturated carbocycles. The minimum atomic E-state index is -0.220. The largest absolute Gasteiger partial charge is 0.297 e. The molecule has 0 spiro atoms. The van der Waals surface area contributed by atoms with Gasteiger partial charge in [0.25, 0.3) is 0 Å². The molecule has 0 radical (unpaired) electrons. The van der Waals surface area contributed by atoms with E-state index in [1.54, 1.807) is 12.1 Å². The fraction of sp³-hybridized carbons (Fsp3) is 0.333. The summed E-state index contributed by atoms with van der Waals surface area (Å²) in [6, 6.07) is 4.71. The third kappa shape index (κ3) is 3.33. The van der Waals surface area contributed by atoms with Gasteiger partial charge in [0, 0.05) is 16.1 Å². The second-order valence-electron chi connectivity index (χ2n) is 3.44. The van der Waals surface area contributed by atoms with Crippen LogP contribution in [0.25, 0.3) is 0 Å². The summed E-state index contributed by atoms with van der Waals surface area (Å²) in [6.45, 7) is 3.76. The Hall–Kier alpha value is -0.850. The van der Waals surface area contributed by atoms with E-state index in [0.717, 1.165) is 4.47 Å². The van der Waals surface area contributed by atoms with Gasteiger partial charge >= 0.3 is 0 Å². The summed E-state index contributed by atoms with van der Waals surface area (Å²) in [5.74, 6) is 2.33. The van der Waals surface area contributed by atoms with E-state index in [2.05, 4.69) is 27.2 Å². The summed E-state index contributed by atoms with van der Waals surface area (Å²) in [7, 11) is 0. The molecule has 0 aliphatic rings. The minimum absolute atomic E-state index is 0.0709. The predicted molar refractivity (Wildman–Crippen MR) is 63.9 cm³/mol. The van der Waals surface area contributed by atoms with Gasteiger partial charge in [0.1, 0.15) is 5.82 Å². The third-order valence-corrected chi connectivity index (χ3v) is 2.67. The summed E-state index contributed by atoms with van der Waals surface area (Å²) in [6.07, 6.45) is 5.25. The van der Waals surface area contributed by atoms with E-state index in [9.17, 15) is 4.39 Å². The molecule has 1 rings (SSSR count). The molecule has 1 N–H and O–H groups in total.